The third-order valence-corrected chi connectivity index (χ3v) is 3.24. The van der Waals surface area contributed by atoms with Gasteiger partial charge in [-0.05, 0) is 40.1 Å². The minimum Gasteiger partial charge on any atom is -0.324 e. The van der Waals surface area contributed by atoms with E-state index in [9.17, 15) is 8.78 Å². The van der Waals surface area contributed by atoms with Crippen LogP contribution in [0.1, 0.15) is 25.5 Å². The van der Waals surface area contributed by atoms with Gasteiger partial charge in [-0.2, -0.15) is 0 Å². The van der Waals surface area contributed by atoms with E-state index in [1.807, 2.05) is 36.4 Å². The Balaban J connectivity index is 3.20. The average Bonchev–Trinajstić information content (AvgIpc) is 2.09. The molecule has 0 bridgehead atoms. The van der Waals surface area contributed by atoms with Crippen molar-refractivity contribution in [3.8, 4) is 0 Å². The second-order valence-corrected chi connectivity index (χ2v) is 4.64. The van der Waals surface area contributed by atoms with Crippen LogP contribution >= 0.6 is 22.6 Å². The number of hydrogen-bond donors (Lipinski definition) is 1. The minimum atomic E-state index is -0.575. The van der Waals surface area contributed by atoms with E-state index in [1.165, 1.54) is 6.07 Å². The Kier molecular flexibility index (Phi) is 3.83. The summed E-state index contributed by atoms with van der Waals surface area (Å²) in [5.41, 5.74) is 6.38. The highest BCUT2D eigenvalue weighted by molar-refractivity contribution is 14.1. The van der Waals surface area contributed by atoms with Crippen LogP contribution in [0.5, 0.6) is 0 Å². The molecule has 0 spiro atoms. The molecule has 0 aromatic heterocycles. The van der Waals surface area contributed by atoms with Gasteiger partial charge in [-0.15, -0.1) is 0 Å². The second-order valence-electron chi connectivity index (χ2n) is 3.56. The Labute approximate surface area is 95.8 Å². The first-order valence-corrected chi connectivity index (χ1v) is 5.41. The Morgan fingerprint density at radius 3 is 2.36 bits per heavy atom. The molecule has 1 aromatic carbocycles. The molecule has 0 heterocycles. The lowest BCUT2D eigenvalue weighted by Gasteiger charge is -2.17. The maximum atomic E-state index is 13.2. The average molecular weight is 311 g/mol. The third-order valence-electron chi connectivity index (χ3n) is 2.10. The zero-order chi connectivity index (χ0) is 10.9. The zero-order valence-corrected chi connectivity index (χ0v) is 10.2. The standard InChI is InChI=1S/C10H12F2IN/c1-5(2)10(14)7-3-6(11)4-8(12)9(7)13/h3-5,10H,14H2,1-2H3/t10-/m0/s1. The fraction of sp³-hybridized carbons (Fsp3) is 0.400. The summed E-state index contributed by atoms with van der Waals surface area (Å²) >= 11 is 1.85. The van der Waals surface area contributed by atoms with Gasteiger partial charge >= 0.3 is 0 Å². The SMILES string of the molecule is CC(C)[C@H](N)c1cc(F)cc(F)c1I. The maximum Gasteiger partial charge on any atom is 0.139 e. The normalized spacial score (nSPS) is 13.4. The summed E-state index contributed by atoms with van der Waals surface area (Å²) in [6.07, 6.45) is 0. The summed E-state index contributed by atoms with van der Waals surface area (Å²) in [5, 5.41) is 0. The molecule has 1 rings (SSSR count). The van der Waals surface area contributed by atoms with Crippen molar-refractivity contribution < 1.29 is 8.78 Å². The first-order valence-electron chi connectivity index (χ1n) is 4.33. The largest absolute Gasteiger partial charge is 0.324 e. The highest BCUT2D eigenvalue weighted by Gasteiger charge is 2.17. The lowest BCUT2D eigenvalue weighted by atomic mass is 9.97. The molecule has 0 unspecified atom stereocenters. The van der Waals surface area contributed by atoms with Crippen molar-refractivity contribution in [2.45, 2.75) is 19.9 Å². The Hall–Kier alpha value is -0.230. The molecule has 78 valence electrons. The van der Waals surface area contributed by atoms with Crippen molar-refractivity contribution in [2.75, 3.05) is 0 Å². The van der Waals surface area contributed by atoms with Gasteiger partial charge in [0.2, 0.25) is 0 Å². The molecule has 14 heavy (non-hydrogen) atoms. The van der Waals surface area contributed by atoms with Gasteiger partial charge < -0.3 is 5.73 Å². The lowest BCUT2D eigenvalue weighted by Crippen LogP contribution is -2.18. The summed E-state index contributed by atoms with van der Waals surface area (Å²) < 4.78 is 26.5. The van der Waals surface area contributed by atoms with E-state index in [4.69, 9.17) is 5.73 Å². The smallest absolute Gasteiger partial charge is 0.139 e. The predicted octanol–water partition coefficient (Wildman–Crippen LogP) is 3.23. The summed E-state index contributed by atoms with van der Waals surface area (Å²) in [6.45, 7) is 3.84. The molecule has 1 nitrogen and oxygen atoms in total. The van der Waals surface area contributed by atoms with Gasteiger partial charge in [0.05, 0.1) is 3.57 Å². The van der Waals surface area contributed by atoms with Crippen molar-refractivity contribution in [3.05, 3.63) is 32.9 Å². The van der Waals surface area contributed by atoms with Crippen LogP contribution in [0.15, 0.2) is 12.1 Å². The predicted molar refractivity (Wildman–Crippen MR) is 60.8 cm³/mol. The Morgan fingerprint density at radius 2 is 1.86 bits per heavy atom. The fourth-order valence-corrected chi connectivity index (χ4v) is 1.85. The first-order chi connectivity index (χ1) is 6.43. The van der Waals surface area contributed by atoms with Crippen LogP contribution in [0.2, 0.25) is 0 Å². The molecule has 0 radical (unpaired) electrons. The van der Waals surface area contributed by atoms with Gasteiger partial charge in [0, 0.05) is 12.1 Å². The van der Waals surface area contributed by atoms with Crippen LogP contribution in [0, 0.1) is 21.1 Å². The van der Waals surface area contributed by atoms with Crippen LogP contribution in [0.25, 0.3) is 0 Å². The van der Waals surface area contributed by atoms with Gasteiger partial charge in [0.1, 0.15) is 11.6 Å². The molecule has 1 atom stereocenters. The van der Waals surface area contributed by atoms with Gasteiger partial charge in [-0.3, -0.25) is 0 Å². The highest BCUT2D eigenvalue weighted by atomic mass is 127. The number of benzene rings is 1. The molecule has 0 aliphatic rings. The van der Waals surface area contributed by atoms with E-state index in [0.717, 1.165) is 6.07 Å². The molecular formula is C10H12F2IN. The van der Waals surface area contributed by atoms with Crippen LogP contribution in [-0.4, -0.2) is 0 Å². The first kappa shape index (κ1) is 11.8. The molecule has 1 aromatic rings. The number of nitrogens with two attached hydrogens (primary N) is 1. The van der Waals surface area contributed by atoms with Crippen LogP contribution < -0.4 is 5.73 Å². The molecule has 4 heteroatoms. The van der Waals surface area contributed by atoms with Gasteiger partial charge in [0.25, 0.3) is 0 Å². The molecule has 0 aliphatic heterocycles. The van der Waals surface area contributed by atoms with Crippen LogP contribution in [0.4, 0.5) is 8.78 Å². The molecule has 0 saturated carbocycles. The van der Waals surface area contributed by atoms with Gasteiger partial charge in [-0.25, -0.2) is 8.78 Å². The monoisotopic (exact) mass is 311 g/mol. The molecule has 0 aliphatic carbocycles. The van der Waals surface area contributed by atoms with Crippen molar-refractivity contribution in [3.63, 3.8) is 0 Å². The van der Waals surface area contributed by atoms with Crippen molar-refractivity contribution in [1.29, 1.82) is 0 Å². The summed E-state index contributed by atoms with van der Waals surface area (Å²) in [5.74, 6) is -0.963. The Bertz CT molecular complexity index is 339. The summed E-state index contributed by atoms with van der Waals surface area (Å²) in [7, 11) is 0. The summed E-state index contributed by atoms with van der Waals surface area (Å²) in [6, 6.07) is 1.85. The summed E-state index contributed by atoms with van der Waals surface area (Å²) in [4.78, 5) is 0. The third kappa shape index (κ3) is 2.42. The number of rotatable bonds is 2. The van der Waals surface area contributed by atoms with E-state index < -0.39 is 11.6 Å². The van der Waals surface area contributed by atoms with Crippen molar-refractivity contribution in [1.82, 2.24) is 0 Å². The Morgan fingerprint density at radius 1 is 1.29 bits per heavy atom. The number of halogens is 3. The van der Waals surface area contributed by atoms with E-state index in [0.29, 0.717) is 9.13 Å². The van der Waals surface area contributed by atoms with E-state index in [1.54, 1.807) is 0 Å². The van der Waals surface area contributed by atoms with E-state index in [-0.39, 0.29) is 12.0 Å². The van der Waals surface area contributed by atoms with Gasteiger partial charge in [-0.1, -0.05) is 13.8 Å². The topological polar surface area (TPSA) is 26.0 Å². The zero-order valence-electron chi connectivity index (χ0n) is 8.02. The van der Waals surface area contributed by atoms with Crippen molar-refractivity contribution >= 4 is 22.6 Å². The second kappa shape index (κ2) is 4.53. The maximum absolute atomic E-state index is 13.2. The van der Waals surface area contributed by atoms with Crippen LogP contribution in [0.3, 0.4) is 0 Å². The lowest BCUT2D eigenvalue weighted by molar-refractivity contribution is 0.498. The van der Waals surface area contributed by atoms with E-state index >= 15 is 0 Å². The van der Waals surface area contributed by atoms with Gasteiger partial charge in [0.15, 0.2) is 0 Å². The molecule has 0 fully saturated rings. The quantitative estimate of drug-likeness (QED) is 0.659. The molecule has 2 N–H and O–H groups in total. The highest BCUT2D eigenvalue weighted by Crippen LogP contribution is 2.26. The molecule has 0 saturated heterocycles. The minimum absolute atomic E-state index is 0.157. The molecular weight excluding hydrogens is 299 g/mol. The van der Waals surface area contributed by atoms with E-state index in [2.05, 4.69) is 0 Å². The number of hydrogen-bond acceptors (Lipinski definition) is 1. The molecule has 0 amide bonds. The van der Waals surface area contributed by atoms with Crippen molar-refractivity contribution in [2.24, 2.45) is 11.7 Å². The fourth-order valence-electron chi connectivity index (χ4n) is 1.18. The van der Waals surface area contributed by atoms with Crippen LogP contribution in [-0.2, 0) is 0 Å².